The lowest BCUT2D eigenvalue weighted by molar-refractivity contribution is -0.134. The van der Waals surface area contributed by atoms with Crippen molar-refractivity contribution in [2.75, 3.05) is 19.3 Å². The molecule has 0 saturated carbocycles. The summed E-state index contributed by atoms with van der Waals surface area (Å²) in [4.78, 5) is 38.2. The molecule has 1 saturated heterocycles. The van der Waals surface area contributed by atoms with Crippen LogP contribution in [0.15, 0.2) is 29.2 Å². The summed E-state index contributed by atoms with van der Waals surface area (Å²) in [5, 5.41) is 5.39. The van der Waals surface area contributed by atoms with Crippen LogP contribution in [0.2, 0.25) is 0 Å². The first-order valence-electron chi connectivity index (χ1n) is 7.93. The maximum atomic E-state index is 12.2. The number of carbonyl (C=O) groups excluding carboxylic acids is 3. The lowest BCUT2D eigenvalue weighted by atomic mass is 9.99. The molecule has 1 atom stereocenters. The van der Waals surface area contributed by atoms with Crippen LogP contribution in [0.5, 0.6) is 0 Å². The SMILES string of the molecule is CC[C@]1(C)NC(=O)N(CC(=O)NCCc2ccc(SC)cc2)C1=O. The number of nitrogens with zero attached hydrogens (tertiary/aromatic N) is 1. The summed E-state index contributed by atoms with van der Waals surface area (Å²) in [6.07, 6.45) is 3.21. The van der Waals surface area contributed by atoms with Crippen molar-refractivity contribution in [2.24, 2.45) is 0 Å². The molecule has 0 aromatic heterocycles. The maximum absolute atomic E-state index is 12.2. The van der Waals surface area contributed by atoms with Crippen LogP contribution in [0, 0.1) is 0 Å². The minimum atomic E-state index is -0.906. The minimum absolute atomic E-state index is 0.244. The van der Waals surface area contributed by atoms with E-state index in [1.807, 2.05) is 37.4 Å². The van der Waals surface area contributed by atoms with Crippen LogP contribution in [0.25, 0.3) is 0 Å². The zero-order valence-corrected chi connectivity index (χ0v) is 15.0. The molecule has 130 valence electrons. The summed E-state index contributed by atoms with van der Waals surface area (Å²) in [5.41, 5.74) is 0.220. The van der Waals surface area contributed by atoms with Crippen LogP contribution < -0.4 is 10.6 Å². The van der Waals surface area contributed by atoms with E-state index in [9.17, 15) is 14.4 Å². The van der Waals surface area contributed by atoms with Crippen LogP contribution in [-0.4, -0.2) is 47.6 Å². The fraction of sp³-hybridized carbons (Fsp3) is 0.471. The maximum Gasteiger partial charge on any atom is 0.325 e. The van der Waals surface area contributed by atoms with E-state index in [-0.39, 0.29) is 18.4 Å². The standard InChI is InChI=1S/C17H23N3O3S/c1-4-17(2)15(22)20(16(23)19-17)11-14(21)18-10-9-12-5-7-13(24-3)8-6-12/h5-8H,4,9-11H2,1-3H3,(H,18,21)(H,19,23)/t17-/m0/s1. The second kappa shape index (κ2) is 7.70. The molecule has 2 N–H and O–H groups in total. The lowest BCUT2D eigenvalue weighted by Crippen LogP contribution is -2.44. The van der Waals surface area contributed by atoms with Gasteiger partial charge in [-0.2, -0.15) is 0 Å². The summed E-state index contributed by atoms with van der Waals surface area (Å²) >= 11 is 1.68. The van der Waals surface area contributed by atoms with Crippen LogP contribution in [0.4, 0.5) is 4.79 Å². The Bertz CT molecular complexity index is 632. The number of hydrogen-bond acceptors (Lipinski definition) is 4. The first-order valence-corrected chi connectivity index (χ1v) is 9.16. The van der Waals surface area contributed by atoms with Crippen molar-refractivity contribution >= 4 is 29.6 Å². The van der Waals surface area contributed by atoms with Crippen molar-refractivity contribution in [1.29, 1.82) is 0 Å². The van der Waals surface area contributed by atoms with E-state index < -0.39 is 11.6 Å². The minimum Gasteiger partial charge on any atom is -0.354 e. The average Bonchev–Trinajstić information content (AvgIpc) is 2.79. The summed E-state index contributed by atoms with van der Waals surface area (Å²) in [5.74, 6) is -0.683. The number of amides is 4. The molecule has 1 fully saturated rings. The molecule has 1 heterocycles. The summed E-state index contributed by atoms with van der Waals surface area (Å²) in [7, 11) is 0. The third kappa shape index (κ3) is 4.08. The van der Waals surface area contributed by atoms with Gasteiger partial charge >= 0.3 is 6.03 Å². The number of thioether (sulfide) groups is 1. The second-order valence-corrected chi connectivity index (χ2v) is 6.83. The van der Waals surface area contributed by atoms with Crippen LogP contribution >= 0.6 is 11.8 Å². The fourth-order valence-electron chi connectivity index (χ4n) is 2.47. The van der Waals surface area contributed by atoms with E-state index in [1.165, 1.54) is 4.90 Å². The van der Waals surface area contributed by atoms with E-state index >= 15 is 0 Å². The van der Waals surface area contributed by atoms with Gasteiger partial charge in [0.05, 0.1) is 0 Å². The Morgan fingerprint density at radius 3 is 2.50 bits per heavy atom. The fourth-order valence-corrected chi connectivity index (χ4v) is 2.88. The van der Waals surface area contributed by atoms with Gasteiger partial charge in [-0.1, -0.05) is 19.1 Å². The molecule has 1 aromatic rings. The molecule has 6 nitrogen and oxygen atoms in total. The highest BCUT2D eigenvalue weighted by atomic mass is 32.2. The highest BCUT2D eigenvalue weighted by Gasteiger charge is 2.46. The lowest BCUT2D eigenvalue weighted by Gasteiger charge is -2.19. The quantitative estimate of drug-likeness (QED) is 0.581. The summed E-state index contributed by atoms with van der Waals surface area (Å²) in [6, 6.07) is 7.64. The van der Waals surface area contributed by atoms with Crippen molar-refractivity contribution in [3.63, 3.8) is 0 Å². The van der Waals surface area contributed by atoms with Gasteiger partial charge < -0.3 is 10.6 Å². The highest BCUT2D eigenvalue weighted by molar-refractivity contribution is 7.98. The molecule has 1 aliphatic heterocycles. The third-order valence-electron chi connectivity index (χ3n) is 4.25. The number of nitrogens with one attached hydrogen (secondary N) is 2. The molecule has 1 aromatic carbocycles. The van der Waals surface area contributed by atoms with E-state index in [1.54, 1.807) is 18.7 Å². The highest BCUT2D eigenvalue weighted by Crippen LogP contribution is 2.20. The normalized spacial score (nSPS) is 20.2. The molecule has 24 heavy (non-hydrogen) atoms. The molecule has 4 amide bonds. The Balaban J connectivity index is 1.81. The predicted molar refractivity (Wildman–Crippen MR) is 93.9 cm³/mol. The van der Waals surface area contributed by atoms with Gasteiger partial charge in [-0.3, -0.25) is 14.5 Å². The molecule has 0 unspecified atom stereocenters. The van der Waals surface area contributed by atoms with Crippen LogP contribution in [0.1, 0.15) is 25.8 Å². The molecular weight excluding hydrogens is 326 g/mol. The zero-order chi connectivity index (χ0) is 17.7. The number of carbonyl (C=O) groups is 3. The first-order chi connectivity index (χ1) is 11.4. The Labute approximate surface area is 146 Å². The number of rotatable bonds is 7. The Kier molecular flexibility index (Phi) is 5.88. The Hall–Kier alpha value is -2.02. The van der Waals surface area contributed by atoms with Gasteiger partial charge in [-0.15, -0.1) is 11.8 Å². The average molecular weight is 349 g/mol. The summed E-state index contributed by atoms with van der Waals surface area (Å²) in [6.45, 7) is 3.71. The smallest absolute Gasteiger partial charge is 0.325 e. The summed E-state index contributed by atoms with van der Waals surface area (Å²) < 4.78 is 0. The molecule has 0 spiro atoms. The predicted octanol–water partition coefficient (Wildman–Crippen LogP) is 1.79. The molecule has 7 heteroatoms. The molecule has 0 bridgehead atoms. The van der Waals surface area contributed by atoms with Gasteiger partial charge in [0.25, 0.3) is 5.91 Å². The second-order valence-electron chi connectivity index (χ2n) is 5.96. The Morgan fingerprint density at radius 2 is 1.96 bits per heavy atom. The van der Waals surface area contributed by atoms with Crippen LogP contribution in [0.3, 0.4) is 0 Å². The number of benzene rings is 1. The van der Waals surface area contributed by atoms with Crippen molar-refractivity contribution in [3.05, 3.63) is 29.8 Å². The van der Waals surface area contributed by atoms with Crippen molar-refractivity contribution in [3.8, 4) is 0 Å². The molecule has 1 aliphatic rings. The van der Waals surface area contributed by atoms with E-state index in [0.29, 0.717) is 19.4 Å². The van der Waals surface area contributed by atoms with Crippen LogP contribution in [-0.2, 0) is 16.0 Å². The topological polar surface area (TPSA) is 78.5 Å². The third-order valence-corrected chi connectivity index (χ3v) is 4.99. The van der Waals surface area contributed by atoms with Crippen molar-refractivity contribution in [2.45, 2.75) is 37.1 Å². The number of urea groups is 1. The molecular formula is C17H23N3O3S. The van der Waals surface area contributed by atoms with Gasteiger partial charge in [0.15, 0.2) is 0 Å². The monoisotopic (exact) mass is 349 g/mol. The molecule has 2 rings (SSSR count). The van der Waals surface area contributed by atoms with Crippen molar-refractivity contribution in [1.82, 2.24) is 15.5 Å². The van der Waals surface area contributed by atoms with E-state index in [2.05, 4.69) is 10.6 Å². The largest absolute Gasteiger partial charge is 0.354 e. The van der Waals surface area contributed by atoms with E-state index in [4.69, 9.17) is 0 Å². The number of hydrogen-bond donors (Lipinski definition) is 2. The molecule has 0 radical (unpaired) electrons. The first kappa shape index (κ1) is 18.3. The Morgan fingerprint density at radius 1 is 1.29 bits per heavy atom. The van der Waals surface area contributed by atoms with Crippen molar-refractivity contribution < 1.29 is 14.4 Å². The van der Waals surface area contributed by atoms with Gasteiger partial charge in [0, 0.05) is 11.4 Å². The molecule has 0 aliphatic carbocycles. The number of imide groups is 1. The van der Waals surface area contributed by atoms with E-state index in [0.717, 1.165) is 10.5 Å². The van der Waals surface area contributed by atoms with Gasteiger partial charge in [-0.05, 0) is 43.7 Å². The van der Waals surface area contributed by atoms with Gasteiger partial charge in [-0.25, -0.2) is 4.79 Å². The van der Waals surface area contributed by atoms with Gasteiger partial charge in [0.2, 0.25) is 5.91 Å². The van der Waals surface area contributed by atoms with Gasteiger partial charge in [0.1, 0.15) is 12.1 Å². The zero-order valence-electron chi connectivity index (χ0n) is 14.2.